The minimum absolute atomic E-state index is 0.761. The molecule has 3 nitrogen and oxygen atoms in total. The molecule has 0 aromatic carbocycles. The Morgan fingerprint density at radius 3 is 2.36 bits per heavy atom. The molecule has 1 heterocycles. The van der Waals surface area contributed by atoms with Crippen LogP contribution >= 0.6 is 11.3 Å². The molecule has 0 aliphatic heterocycles. The Hall–Kier alpha value is -1.16. The van der Waals surface area contributed by atoms with Gasteiger partial charge in [0.05, 0.1) is 5.41 Å². The molecule has 0 saturated heterocycles. The fourth-order valence-electron chi connectivity index (χ4n) is 1.38. The van der Waals surface area contributed by atoms with E-state index in [0.29, 0.717) is 0 Å². The maximum absolute atomic E-state index is 11.4. The number of carboxylic acids is 1. The van der Waals surface area contributed by atoms with Gasteiger partial charge in [-0.1, -0.05) is 0 Å². The zero-order chi connectivity index (χ0) is 10.9. The maximum atomic E-state index is 11.4. The Kier molecular flexibility index (Phi) is 2.76. The second-order valence-electron chi connectivity index (χ2n) is 3.69. The smallest absolute Gasteiger partial charge is 0.373 e. The molecular weight excluding hydrogens is 200 g/mol. The zero-order valence-electron chi connectivity index (χ0n) is 8.33. The summed E-state index contributed by atoms with van der Waals surface area (Å²) in [5.41, 5.74) is 0.0407. The van der Waals surface area contributed by atoms with Gasteiger partial charge in [-0.05, 0) is 37.8 Å². The lowest BCUT2D eigenvalue weighted by Crippen LogP contribution is -2.34. The van der Waals surface area contributed by atoms with Gasteiger partial charge in [-0.2, -0.15) is 0 Å². The van der Waals surface area contributed by atoms with Gasteiger partial charge in [0.1, 0.15) is 0 Å². The topological polar surface area (TPSA) is 54.4 Å². The molecule has 0 bridgehead atoms. The van der Waals surface area contributed by atoms with E-state index in [2.05, 4.69) is 0 Å². The van der Waals surface area contributed by atoms with Crippen LogP contribution in [0.2, 0.25) is 0 Å². The number of thiophene rings is 1. The van der Waals surface area contributed by atoms with Crippen LogP contribution in [0, 0.1) is 6.92 Å². The molecule has 0 spiro atoms. The van der Waals surface area contributed by atoms with E-state index in [1.54, 1.807) is 13.8 Å². The molecule has 1 N–H and O–H groups in total. The lowest BCUT2D eigenvalue weighted by atomic mass is 9.84. The quantitative estimate of drug-likeness (QED) is 0.779. The largest absolute Gasteiger partial charge is 0.475 e. The second kappa shape index (κ2) is 3.53. The summed E-state index contributed by atoms with van der Waals surface area (Å²) in [6, 6.07) is 1.89. The predicted molar refractivity (Wildman–Crippen MR) is 54.7 cm³/mol. The first-order valence-electron chi connectivity index (χ1n) is 4.19. The molecule has 1 aromatic rings. The molecule has 0 aliphatic rings. The van der Waals surface area contributed by atoms with Gasteiger partial charge >= 0.3 is 5.97 Å². The van der Waals surface area contributed by atoms with Crippen LogP contribution in [0.5, 0.6) is 0 Å². The number of ketones is 1. The van der Waals surface area contributed by atoms with Gasteiger partial charge in [0.2, 0.25) is 0 Å². The van der Waals surface area contributed by atoms with E-state index in [4.69, 9.17) is 5.11 Å². The van der Waals surface area contributed by atoms with E-state index in [1.807, 2.05) is 18.4 Å². The van der Waals surface area contributed by atoms with Crippen LogP contribution < -0.4 is 0 Å². The molecule has 0 saturated carbocycles. The fraction of sp³-hybridized carbons (Fsp3) is 0.400. The molecule has 0 radical (unpaired) electrons. The molecule has 14 heavy (non-hydrogen) atoms. The number of carboxylic acid groups (broad SMARTS) is 1. The molecule has 1 rings (SSSR count). The van der Waals surface area contributed by atoms with Crippen molar-refractivity contribution in [3.8, 4) is 0 Å². The summed E-state index contributed by atoms with van der Waals surface area (Å²) in [4.78, 5) is 22.9. The SMILES string of the molecule is Cc1ccsc1C(C)(C)C(=O)C(=O)O. The highest BCUT2D eigenvalue weighted by Gasteiger charge is 2.36. The van der Waals surface area contributed by atoms with Gasteiger partial charge < -0.3 is 5.11 Å². The Morgan fingerprint density at radius 1 is 1.43 bits per heavy atom. The van der Waals surface area contributed by atoms with Gasteiger partial charge in [0.15, 0.2) is 0 Å². The average Bonchev–Trinajstić information content (AvgIpc) is 2.50. The third-order valence-electron chi connectivity index (χ3n) is 2.19. The minimum atomic E-state index is -1.37. The summed E-state index contributed by atoms with van der Waals surface area (Å²) < 4.78 is 0. The number of carbonyl (C=O) groups is 2. The third kappa shape index (κ3) is 1.70. The van der Waals surface area contributed by atoms with Crippen molar-refractivity contribution in [1.29, 1.82) is 0 Å². The number of aliphatic carboxylic acids is 1. The van der Waals surface area contributed by atoms with E-state index < -0.39 is 17.2 Å². The van der Waals surface area contributed by atoms with Crippen molar-refractivity contribution in [2.24, 2.45) is 0 Å². The van der Waals surface area contributed by atoms with Crippen molar-refractivity contribution in [3.63, 3.8) is 0 Å². The van der Waals surface area contributed by atoms with Crippen molar-refractivity contribution < 1.29 is 14.7 Å². The summed E-state index contributed by atoms with van der Waals surface area (Å²) in [5, 5.41) is 10.5. The summed E-state index contributed by atoms with van der Waals surface area (Å²) in [6.07, 6.45) is 0. The number of hydrogen-bond acceptors (Lipinski definition) is 3. The molecule has 0 atom stereocenters. The van der Waals surface area contributed by atoms with Crippen LogP contribution in [0.3, 0.4) is 0 Å². The van der Waals surface area contributed by atoms with Crippen LogP contribution in [0.25, 0.3) is 0 Å². The minimum Gasteiger partial charge on any atom is -0.475 e. The van der Waals surface area contributed by atoms with E-state index in [9.17, 15) is 9.59 Å². The van der Waals surface area contributed by atoms with Gasteiger partial charge in [0.25, 0.3) is 5.78 Å². The van der Waals surface area contributed by atoms with E-state index in [0.717, 1.165) is 10.4 Å². The number of hydrogen-bond donors (Lipinski definition) is 1. The lowest BCUT2D eigenvalue weighted by molar-refractivity contribution is -0.151. The van der Waals surface area contributed by atoms with Crippen molar-refractivity contribution in [3.05, 3.63) is 21.9 Å². The predicted octanol–water partition coefficient (Wildman–Crippen LogP) is 1.99. The van der Waals surface area contributed by atoms with Crippen LogP contribution in [0.15, 0.2) is 11.4 Å². The molecule has 76 valence electrons. The molecule has 0 amide bonds. The van der Waals surface area contributed by atoms with Crippen LogP contribution in [0.1, 0.15) is 24.3 Å². The highest BCUT2D eigenvalue weighted by atomic mass is 32.1. The monoisotopic (exact) mass is 212 g/mol. The van der Waals surface area contributed by atoms with E-state index in [-0.39, 0.29) is 0 Å². The Labute approximate surface area is 86.4 Å². The third-order valence-corrected chi connectivity index (χ3v) is 3.53. The molecule has 0 unspecified atom stereocenters. The first-order valence-corrected chi connectivity index (χ1v) is 5.07. The molecule has 4 heteroatoms. The normalized spacial score (nSPS) is 11.4. The number of aryl methyl sites for hydroxylation is 1. The summed E-state index contributed by atoms with van der Waals surface area (Å²) in [7, 11) is 0. The maximum Gasteiger partial charge on any atom is 0.373 e. The van der Waals surface area contributed by atoms with Gasteiger partial charge in [-0.3, -0.25) is 4.79 Å². The zero-order valence-corrected chi connectivity index (χ0v) is 9.14. The van der Waals surface area contributed by atoms with Crippen molar-refractivity contribution in [2.75, 3.05) is 0 Å². The number of rotatable bonds is 3. The fourth-order valence-corrected chi connectivity index (χ4v) is 2.43. The Morgan fingerprint density at radius 2 is 2.00 bits per heavy atom. The van der Waals surface area contributed by atoms with Gasteiger partial charge in [0, 0.05) is 4.88 Å². The van der Waals surface area contributed by atoms with E-state index >= 15 is 0 Å². The average molecular weight is 212 g/mol. The highest BCUT2D eigenvalue weighted by molar-refractivity contribution is 7.10. The molecule has 1 aromatic heterocycles. The standard InChI is InChI=1S/C10H12O3S/c1-6-4-5-14-8(6)10(2,3)7(11)9(12)13/h4-5H,1-3H3,(H,12,13). The lowest BCUT2D eigenvalue weighted by Gasteiger charge is -2.20. The van der Waals surface area contributed by atoms with Gasteiger partial charge in [-0.15, -0.1) is 11.3 Å². The van der Waals surface area contributed by atoms with E-state index in [1.165, 1.54) is 11.3 Å². The number of Topliss-reactive ketones (excluding diaryl/α,β-unsaturated/α-hetero) is 1. The van der Waals surface area contributed by atoms with Crippen LogP contribution in [0.4, 0.5) is 0 Å². The Balaban J connectivity index is 3.14. The van der Waals surface area contributed by atoms with Crippen molar-refractivity contribution >= 4 is 23.1 Å². The Bertz CT molecular complexity index is 376. The van der Waals surface area contributed by atoms with Crippen LogP contribution in [-0.4, -0.2) is 16.9 Å². The first kappa shape index (κ1) is 10.9. The van der Waals surface area contributed by atoms with Crippen molar-refractivity contribution in [1.82, 2.24) is 0 Å². The summed E-state index contributed by atoms with van der Waals surface area (Å²) >= 11 is 1.42. The summed E-state index contributed by atoms with van der Waals surface area (Å²) in [6.45, 7) is 5.16. The van der Waals surface area contributed by atoms with Crippen LogP contribution in [-0.2, 0) is 15.0 Å². The first-order chi connectivity index (χ1) is 6.37. The summed E-state index contributed by atoms with van der Waals surface area (Å²) in [5.74, 6) is -2.13. The molecule has 0 aliphatic carbocycles. The van der Waals surface area contributed by atoms with Crippen molar-refractivity contribution in [2.45, 2.75) is 26.2 Å². The molecule has 0 fully saturated rings. The van der Waals surface area contributed by atoms with Gasteiger partial charge in [-0.25, -0.2) is 4.79 Å². The number of carbonyl (C=O) groups excluding carboxylic acids is 1. The second-order valence-corrected chi connectivity index (χ2v) is 4.61. The molecular formula is C10H12O3S. The highest BCUT2D eigenvalue weighted by Crippen LogP contribution is 2.31.